The molecule has 0 saturated carbocycles. The van der Waals surface area contributed by atoms with E-state index >= 15 is 0 Å². The average molecular weight is 641 g/mol. The highest BCUT2D eigenvalue weighted by molar-refractivity contribution is 6.30. The maximum atomic E-state index is 13.8. The average Bonchev–Trinajstić information content (AvgIpc) is 3.14. The summed E-state index contributed by atoms with van der Waals surface area (Å²) in [6.45, 7) is 13.2. The number of carbonyl (C=O) groups is 1. The number of esters is 1. The van der Waals surface area contributed by atoms with Gasteiger partial charge in [0, 0.05) is 29.9 Å². The summed E-state index contributed by atoms with van der Waals surface area (Å²) in [5.74, 6) is 0.0363. The molecule has 0 N–H and O–H groups in total. The first kappa shape index (κ1) is 32.0. The number of likely N-dealkylation sites (tertiary alicyclic amines) is 1. The normalized spacial score (nSPS) is 15.7. The fourth-order valence-electron chi connectivity index (χ4n) is 6.21. The summed E-state index contributed by atoms with van der Waals surface area (Å²) in [6, 6.07) is 15.3. The van der Waals surface area contributed by atoms with E-state index in [1.165, 1.54) is 32.6 Å². The minimum atomic E-state index is -0.638. The van der Waals surface area contributed by atoms with Crippen molar-refractivity contribution in [3.63, 3.8) is 0 Å². The third kappa shape index (κ3) is 6.88. The molecular formula is C37H41ClN4O4. The van der Waals surface area contributed by atoms with Crippen LogP contribution in [0, 0.1) is 0 Å². The summed E-state index contributed by atoms with van der Waals surface area (Å²) in [5.41, 5.74) is 6.62. The fourth-order valence-corrected chi connectivity index (χ4v) is 6.41. The Bertz CT molecular complexity index is 1910. The zero-order valence-electron chi connectivity index (χ0n) is 27.4. The SMILES string of the molecule is CC(C)(C)OC(=O)c1ccc2c(=O)n(OC(C)(C)C)c(CN3CCC(=C4c5ccc(Cl)cc5CCc5cccnc54)CC3)nc2c1. The van der Waals surface area contributed by atoms with Crippen LogP contribution in [0.15, 0.2) is 65.1 Å². The minimum Gasteiger partial charge on any atom is -0.456 e. The monoisotopic (exact) mass is 640 g/mol. The van der Waals surface area contributed by atoms with Crippen LogP contribution in [0.5, 0.6) is 0 Å². The van der Waals surface area contributed by atoms with Crippen molar-refractivity contribution in [2.75, 3.05) is 13.1 Å². The summed E-state index contributed by atoms with van der Waals surface area (Å²) in [6.07, 6.45) is 5.44. The molecule has 0 bridgehead atoms. The van der Waals surface area contributed by atoms with Crippen LogP contribution >= 0.6 is 11.6 Å². The number of pyridine rings is 1. The summed E-state index contributed by atoms with van der Waals surface area (Å²) in [5, 5.41) is 1.13. The van der Waals surface area contributed by atoms with Crippen molar-refractivity contribution >= 4 is 34.0 Å². The quantitative estimate of drug-likeness (QED) is 0.226. The van der Waals surface area contributed by atoms with Gasteiger partial charge in [0.2, 0.25) is 0 Å². The number of hydrogen-bond acceptors (Lipinski definition) is 7. The standard InChI is InChI=1S/C37H41ClN4O4/c1-36(2,3)45-35(44)26-11-13-29-30(21-26)40-31(42(34(29)43)46-37(4,5)6)22-41-18-15-23(16-19-41)32-28-14-12-27(38)20-25(28)10-9-24-8-7-17-39-33(24)32/h7-8,11-14,17,20-21H,9-10,15-16,18-19,22H2,1-6H3. The van der Waals surface area contributed by atoms with Crippen molar-refractivity contribution in [2.24, 2.45) is 0 Å². The number of aryl methyl sites for hydroxylation is 2. The number of aromatic nitrogens is 3. The molecule has 0 unspecified atom stereocenters. The van der Waals surface area contributed by atoms with E-state index in [-0.39, 0.29) is 5.56 Å². The molecule has 46 heavy (non-hydrogen) atoms. The van der Waals surface area contributed by atoms with Crippen LogP contribution in [0.3, 0.4) is 0 Å². The molecule has 1 fully saturated rings. The zero-order chi connectivity index (χ0) is 32.8. The molecule has 1 aliphatic heterocycles. The minimum absolute atomic E-state index is 0.304. The van der Waals surface area contributed by atoms with Crippen molar-refractivity contribution in [1.29, 1.82) is 0 Å². The number of halogens is 1. The molecule has 4 aromatic rings. The lowest BCUT2D eigenvalue weighted by molar-refractivity contribution is -0.0284. The molecular weight excluding hydrogens is 600 g/mol. The van der Waals surface area contributed by atoms with E-state index in [9.17, 15) is 9.59 Å². The number of hydrogen-bond donors (Lipinski definition) is 0. The molecule has 0 amide bonds. The molecule has 6 rings (SSSR count). The molecule has 2 aromatic carbocycles. The highest BCUT2D eigenvalue weighted by Crippen LogP contribution is 2.38. The predicted molar refractivity (Wildman–Crippen MR) is 181 cm³/mol. The first-order valence-electron chi connectivity index (χ1n) is 15.9. The predicted octanol–water partition coefficient (Wildman–Crippen LogP) is 6.82. The Morgan fingerprint density at radius 2 is 1.65 bits per heavy atom. The van der Waals surface area contributed by atoms with E-state index in [1.54, 1.807) is 18.2 Å². The second kappa shape index (κ2) is 12.3. The van der Waals surface area contributed by atoms with Crippen molar-refractivity contribution in [3.05, 3.63) is 109 Å². The largest absolute Gasteiger partial charge is 0.456 e. The zero-order valence-corrected chi connectivity index (χ0v) is 28.2. The van der Waals surface area contributed by atoms with Gasteiger partial charge in [-0.25, -0.2) is 9.78 Å². The van der Waals surface area contributed by atoms with Gasteiger partial charge < -0.3 is 9.57 Å². The molecule has 240 valence electrons. The van der Waals surface area contributed by atoms with E-state index < -0.39 is 17.2 Å². The molecule has 8 nitrogen and oxygen atoms in total. The van der Waals surface area contributed by atoms with Crippen molar-refractivity contribution < 1.29 is 14.4 Å². The number of rotatable bonds is 4. The smallest absolute Gasteiger partial charge is 0.338 e. The lowest BCUT2D eigenvalue weighted by Crippen LogP contribution is -2.42. The van der Waals surface area contributed by atoms with Gasteiger partial charge in [-0.15, -0.1) is 4.73 Å². The Morgan fingerprint density at radius 3 is 2.37 bits per heavy atom. The molecule has 9 heteroatoms. The second-order valence-corrected chi connectivity index (χ2v) is 14.6. The Labute approximate surface area is 275 Å². The molecule has 0 radical (unpaired) electrons. The van der Waals surface area contributed by atoms with Gasteiger partial charge in [-0.05, 0) is 120 Å². The van der Waals surface area contributed by atoms with Gasteiger partial charge in [0.25, 0.3) is 5.56 Å². The summed E-state index contributed by atoms with van der Waals surface area (Å²) >= 11 is 6.42. The number of fused-ring (bicyclic) bond motifs is 3. The van der Waals surface area contributed by atoms with Gasteiger partial charge in [-0.3, -0.25) is 14.7 Å². The van der Waals surface area contributed by atoms with Crippen LogP contribution in [-0.2, 0) is 24.1 Å². The van der Waals surface area contributed by atoms with E-state index in [0.717, 1.165) is 49.5 Å². The van der Waals surface area contributed by atoms with Crippen LogP contribution in [0.4, 0.5) is 0 Å². The van der Waals surface area contributed by atoms with E-state index in [2.05, 4.69) is 23.1 Å². The van der Waals surface area contributed by atoms with Crippen LogP contribution in [0.1, 0.15) is 93.0 Å². The summed E-state index contributed by atoms with van der Waals surface area (Å²) in [7, 11) is 0. The van der Waals surface area contributed by atoms with Gasteiger partial charge in [-0.1, -0.05) is 29.3 Å². The fraction of sp³-hybridized carbons (Fsp3) is 0.405. The Hall–Kier alpha value is -4.01. The molecule has 0 spiro atoms. The van der Waals surface area contributed by atoms with Crippen molar-refractivity contribution in [1.82, 2.24) is 19.6 Å². The van der Waals surface area contributed by atoms with E-state index in [1.807, 2.05) is 59.9 Å². The van der Waals surface area contributed by atoms with Gasteiger partial charge in [-0.2, -0.15) is 0 Å². The first-order chi connectivity index (χ1) is 21.8. The van der Waals surface area contributed by atoms with Crippen LogP contribution in [0.2, 0.25) is 5.02 Å². The highest BCUT2D eigenvalue weighted by atomic mass is 35.5. The van der Waals surface area contributed by atoms with E-state index in [0.29, 0.717) is 28.8 Å². The van der Waals surface area contributed by atoms with Gasteiger partial charge in [0.05, 0.1) is 28.7 Å². The number of benzene rings is 2. The Balaban J connectivity index is 1.33. The number of ether oxygens (including phenoxy) is 1. The first-order valence-corrected chi connectivity index (χ1v) is 16.3. The lowest BCUT2D eigenvalue weighted by Gasteiger charge is -2.31. The maximum absolute atomic E-state index is 13.8. The molecule has 1 aliphatic carbocycles. The van der Waals surface area contributed by atoms with Crippen molar-refractivity contribution in [3.8, 4) is 0 Å². The van der Waals surface area contributed by atoms with Gasteiger partial charge in [0.15, 0.2) is 5.82 Å². The summed E-state index contributed by atoms with van der Waals surface area (Å²) in [4.78, 5) is 44.8. The van der Waals surface area contributed by atoms with E-state index in [4.69, 9.17) is 31.1 Å². The summed E-state index contributed by atoms with van der Waals surface area (Å²) < 4.78 is 6.89. The topological polar surface area (TPSA) is 86.5 Å². The number of carbonyl (C=O) groups excluding carboxylic acids is 1. The van der Waals surface area contributed by atoms with Gasteiger partial charge in [0.1, 0.15) is 11.2 Å². The molecule has 2 aliphatic rings. The lowest BCUT2D eigenvalue weighted by atomic mass is 9.88. The van der Waals surface area contributed by atoms with Crippen LogP contribution < -0.4 is 10.4 Å². The number of nitrogens with zero attached hydrogens (tertiary/aromatic N) is 4. The maximum Gasteiger partial charge on any atom is 0.338 e. The Morgan fingerprint density at radius 1 is 0.913 bits per heavy atom. The molecule has 2 aromatic heterocycles. The third-order valence-corrected chi connectivity index (χ3v) is 8.44. The second-order valence-electron chi connectivity index (χ2n) is 14.1. The van der Waals surface area contributed by atoms with Crippen molar-refractivity contribution in [2.45, 2.75) is 85.0 Å². The highest BCUT2D eigenvalue weighted by Gasteiger charge is 2.27. The van der Waals surface area contributed by atoms with Gasteiger partial charge >= 0.3 is 5.97 Å². The molecule has 3 heterocycles. The van der Waals surface area contributed by atoms with Crippen LogP contribution in [-0.4, -0.2) is 49.9 Å². The number of piperidine rings is 1. The molecule has 1 saturated heterocycles. The Kier molecular flexibility index (Phi) is 8.55. The third-order valence-electron chi connectivity index (χ3n) is 8.20. The van der Waals surface area contributed by atoms with Crippen LogP contribution in [0.25, 0.3) is 16.5 Å². The molecule has 0 atom stereocenters.